The lowest BCUT2D eigenvalue weighted by Gasteiger charge is -2.55. The summed E-state index contributed by atoms with van der Waals surface area (Å²) in [4.78, 5) is 0. The lowest BCUT2D eigenvalue weighted by Crippen LogP contribution is -2.39. The highest BCUT2D eigenvalue weighted by molar-refractivity contribution is 7.62. The molecule has 1 aliphatic rings. The van der Waals surface area contributed by atoms with Gasteiger partial charge < -0.3 is 0 Å². The van der Waals surface area contributed by atoms with E-state index in [0.29, 0.717) is 17.8 Å². The molecule has 0 bridgehead atoms. The van der Waals surface area contributed by atoms with Crippen molar-refractivity contribution in [1.82, 2.24) is 0 Å². The first kappa shape index (κ1) is 25.4. The monoisotopic (exact) mass is 426 g/mol. The molecule has 0 nitrogen and oxygen atoms in total. The highest BCUT2D eigenvalue weighted by Gasteiger charge is 2.51. The van der Waals surface area contributed by atoms with Gasteiger partial charge in [-0.1, -0.05) is 127 Å². The van der Waals surface area contributed by atoms with Crippen LogP contribution in [-0.2, 0) is 5.16 Å². The first-order chi connectivity index (χ1) is 13.6. The van der Waals surface area contributed by atoms with Gasteiger partial charge in [0.1, 0.15) is 0 Å². The number of hydrogen-bond acceptors (Lipinski definition) is 0. The average molecular weight is 427 g/mol. The van der Waals surface area contributed by atoms with Crippen LogP contribution in [0, 0.1) is 0 Å². The molecular formula is C29H47P. The van der Waals surface area contributed by atoms with E-state index in [4.69, 9.17) is 0 Å². The Morgan fingerprint density at radius 1 is 0.733 bits per heavy atom. The maximum atomic E-state index is 2.59. The normalized spacial score (nSPS) is 20.3. The van der Waals surface area contributed by atoms with E-state index >= 15 is 0 Å². The van der Waals surface area contributed by atoms with Crippen molar-refractivity contribution < 1.29 is 0 Å². The highest BCUT2D eigenvalue weighted by atomic mass is 31.1. The lowest BCUT2D eigenvalue weighted by atomic mass is 9.77. The summed E-state index contributed by atoms with van der Waals surface area (Å²) in [5.41, 5.74) is 6.29. The second kappa shape index (κ2) is 8.94. The van der Waals surface area contributed by atoms with Crippen LogP contribution in [0.2, 0.25) is 0 Å². The van der Waals surface area contributed by atoms with E-state index in [1.54, 1.807) is 16.7 Å². The maximum Gasteiger partial charge on any atom is 0.0384 e. The molecule has 1 atom stereocenters. The first-order valence-electron chi connectivity index (χ1n) is 12.0. The van der Waals surface area contributed by atoms with Gasteiger partial charge >= 0.3 is 0 Å². The maximum absolute atomic E-state index is 2.59. The van der Waals surface area contributed by atoms with Gasteiger partial charge in [0.15, 0.2) is 0 Å². The molecule has 0 saturated heterocycles. The second-order valence-electron chi connectivity index (χ2n) is 12.1. The molecule has 0 aliphatic heterocycles. The molecule has 2 rings (SSSR count). The molecule has 0 spiro atoms. The summed E-state index contributed by atoms with van der Waals surface area (Å²) >= 11 is 0. The van der Waals surface area contributed by atoms with E-state index in [1.165, 1.54) is 5.56 Å². The zero-order valence-corrected chi connectivity index (χ0v) is 22.7. The van der Waals surface area contributed by atoms with Crippen LogP contribution in [0.15, 0.2) is 36.4 Å². The minimum absolute atomic E-state index is 0.0787. The number of benzene rings is 1. The Morgan fingerprint density at radius 2 is 1.20 bits per heavy atom. The van der Waals surface area contributed by atoms with Crippen molar-refractivity contribution in [3.05, 3.63) is 58.7 Å². The average Bonchev–Trinajstić information content (AvgIpc) is 2.58. The fraction of sp³-hybridized carbons (Fsp3) is 0.655. The van der Waals surface area contributed by atoms with E-state index < -0.39 is 0 Å². The lowest BCUT2D eigenvalue weighted by molar-refractivity contribution is 0.620. The van der Waals surface area contributed by atoms with Crippen LogP contribution in [0.1, 0.15) is 130 Å². The second-order valence-corrected chi connectivity index (χ2v) is 16.3. The van der Waals surface area contributed by atoms with Gasteiger partial charge in [0, 0.05) is 5.16 Å². The number of allylic oxidation sites excluding steroid dienone is 4. The molecule has 30 heavy (non-hydrogen) atoms. The first-order valence-corrected chi connectivity index (χ1v) is 13.3. The van der Waals surface area contributed by atoms with Gasteiger partial charge in [-0.3, -0.25) is 0 Å². The minimum Gasteiger partial charge on any atom is -0.0830 e. The molecule has 168 valence electrons. The predicted octanol–water partition coefficient (Wildman–Crippen LogP) is 9.85. The van der Waals surface area contributed by atoms with Gasteiger partial charge in [-0.05, 0) is 56.7 Å². The summed E-state index contributed by atoms with van der Waals surface area (Å²) in [6.07, 6.45) is 10.7. The van der Waals surface area contributed by atoms with E-state index in [0.717, 1.165) is 6.42 Å². The Morgan fingerprint density at radius 3 is 1.50 bits per heavy atom. The molecule has 0 radical (unpaired) electrons. The summed E-state index contributed by atoms with van der Waals surface area (Å²) in [5.74, 6) is 1.59. The summed E-state index contributed by atoms with van der Waals surface area (Å²) in [6.45, 7) is 29.1. The standard InChI is InChI=1S/C29H47P/c1-20(2)23-18-24(21(3)4)26(25(19-23)22(5)6)29(16-14-13-15-17-29)30(27(7,8)9)28(10,11)12/h13-16,18-22H,17H2,1-12H3. The Labute approximate surface area is 189 Å². The van der Waals surface area contributed by atoms with Crippen molar-refractivity contribution in [2.24, 2.45) is 0 Å². The van der Waals surface area contributed by atoms with Gasteiger partial charge in [-0.25, -0.2) is 0 Å². The Balaban J connectivity index is 3.03. The van der Waals surface area contributed by atoms with E-state index in [9.17, 15) is 0 Å². The molecule has 0 heterocycles. The molecule has 0 amide bonds. The van der Waals surface area contributed by atoms with Gasteiger partial charge in [0.25, 0.3) is 0 Å². The summed E-state index contributed by atoms with van der Waals surface area (Å²) in [6, 6.07) is 5.09. The van der Waals surface area contributed by atoms with Gasteiger partial charge in [0.05, 0.1) is 0 Å². The van der Waals surface area contributed by atoms with Crippen molar-refractivity contribution >= 4 is 7.92 Å². The fourth-order valence-electron chi connectivity index (χ4n) is 5.73. The SMILES string of the molecule is CC(C)c1cc(C(C)C)c(C2(P(C(C)(C)C)C(C)(C)C)C=CC=CC2)c(C(C)C)c1. The van der Waals surface area contributed by atoms with Crippen molar-refractivity contribution in [3.63, 3.8) is 0 Å². The van der Waals surface area contributed by atoms with Crippen molar-refractivity contribution in [1.29, 1.82) is 0 Å². The van der Waals surface area contributed by atoms with Crippen molar-refractivity contribution in [2.75, 3.05) is 0 Å². The van der Waals surface area contributed by atoms with E-state index in [-0.39, 0.29) is 23.4 Å². The molecule has 0 N–H and O–H groups in total. The molecule has 0 saturated carbocycles. The Kier molecular flexibility index (Phi) is 7.56. The Bertz CT molecular complexity index is 750. The summed E-state index contributed by atoms with van der Waals surface area (Å²) < 4.78 is 0. The molecule has 0 fully saturated rings. The third-order valence-corrected chi connectivity index (χ3v) is 10.4. The van der Waals surface area contributed by atoms with Crippen molar-refractivity contribution in [3.8, 4) is 0 Å². The predicted molar refractivity (Wildman–Crippen MR) is 140 cm³/mol. The van der Waals surface area contributed by atoms with Crippen LogP contribution >= 0.6 is 7.92 Å². The smallest absolute Gasteiger partial charge is 0.0384 e. The molecule has 1 aliphatic carbocycles. The van der Waals surface area contributed by atoms with E-state index in [1.807, 2.05) is 0 Å². The van der Waals surface area contributed by atoms with Crippen LogP contribution in [0.4, 0.5) is 0 Å². The van der Waals surface area contributed by atoms with Gasteiger partial charge in [-0.2, -0.15) is 0 Å². The zero-order valence-electron chi connectivity index (χ0n) is 21.9. The Hall–Kier alpha value is -0.870. The molecule has 1 aromatic rings. The van der Waals surface area contributed by atoms with Crippen molar-refractivity contribution in [2.45, 2.75) is 123 Å². The third-order valence-electron chi connectivity index (χ3n) is 6.35. The van der Waals surface area contributed by atoms with Crippen LogP contribution in [0.25, 0.3) is 0 Å². The molecule has 0 aromatic heterocycles. The molecule has 1 aromatic carbocycles. The molecule has 1 heteroatoms. The number of rotatable bonds is 5. The van der Waals surface area contributed by atoms with Crippen LogP contribution in [0.3, 0.4) is 0 Å². The quantitative estimate of drug-likeness (QED) is 0.411. The van der Waals surface area contributed by atoms with Crippen LogP contribution < -0.4 is 0 Å². The molecular weight excluding hydrogens is 379 g/mol. The topological polar surface area (TPSA) is 0 Å². The zero-order chi connectivity index (χ0) is 23.1. The van der Waals surface area contributed by atoms with Gasteiger partial charge in [-0.15, -0.1) is 0 Å². The van der Waals surface area contributed by atoms with E-state index in [2.05, 4.69) is 120 Å². The minimum atomic E-state index is -0.366. The molecule has 1 unspecified atom stereocenters. The highest BCUT2D eigenvalue weighted by Crippen LogP contribution is 2.74. The van der Waals surface area contributed by atoms with Crippen LogP contribution in [0.5, 0.6) is 0 Å². The summed E-state index contributed by atoms with van der Waals surface area (Å²) in [7, 11) is -0.366. The van der Waals surface area contributed by atoms with Gasteiger partial charge in [0.2, 0.25) is 0 Å². The fourth-order valence-corrected chi connectivity index (χ4v) is 11.1. The third kappa shape index (κ3) is 4.96. The largest absolute Gasteiger partial charge is 0.0830 e. The summed E-state index contributed by atoms with van der Waals surface area (Å²) in [5, 5.41) is 0.583. The van der Waals surface area contributed by atoms with Crippen LogP contribution in [-0.4, -0.2) is 10.3 Å². The number of hydrogen-bond donors (Lipinski definition) is 0.